The molecule has 26 heavy (non-hydrogen) atoms. The highest BCUT2D eigenvalue weighted by molar-refractivity contribution is 6.42. The van der Waals surface area contributed by atoms with Gasteiger partial charge in [-0.2, -0.15) is 0 Å². The molecule has 0 aliphatic heterocycles. The zero-order valence-electron chi connectivity index (χ0n) is 14.6. The standard InChI is InChI=1S/C19H23Cl2NO4/c1-24-18-4-2-3-15(12-22-7-9-25-10-8-23)19(18)26-13-14-5-6-16(20)17(21)11-14/h2-6,11,22-23H,7-10,12-13H2,1H3. The first-order valence-electron chi connectivity index (χ1n) is 8.27. The summed E-state index contributed by atoms with van der Waals surface area (Å²) in [6.45, 7) is 2.54. The second-order valence-corrected chi connectivity index (χ2v) is 6.31. The molecule has 0 spiro atoms. The maximum absolute atomic E-state index is 8.69. The average molecular weight is 400 g/mol. The highest BCUT2D eigenvalue weighted by atomic mass is 35.5. The first-order chi connectivity index (χ1) is 12.7. The van der Waals surface area contributed by atoms with Crippen LogP contribution in [0.2, 0.25) is 10.0 Å². The van der Waals surface area contributed by atoms with Gasteiger partial charge in [0.15, 0.2) is 11.5 Å². The van der Waals surface area contributed by atoms with Gasteiger partial charge in [0.25, 0.3) is 0 Å². The number of aliphatic hydroxyl groups is 1. The van der Waals surface area contributed by atoms with Gasteiger partial charge >= 0.3 is 0 Å². The Morgan fingerprint density at radius 1 is 1.08 bits per heavy atom. The van der Waals surface area contributed by atoms with Crippen LogP contribution < -0.4 is 14.8 Å². The monoisotopic (exact) mass is 399 g/mol. The zero-order valence-corrected chi connectivity index (χ0v) is 16.1. The third-order valence-corrected chi connectivity index (χ3v) is 4.36. The summed E-state index contributed by atoms with van der Waals surface area (Å²) >= 11 is 12.0. The first kappa shape index (κ1) is 20.8. The summed E-state index contributed by atoms with van der Waals surface area (Å²) in [5.74, 6) is 1.35. The Bertz CT molecular complexity index is 697. The summed E-state index contributed by atoms with van der Waals surface area (Å²) in [4.78, 5) is 0. The summed E-state index contributed by atoms with van der Waals surface area (Å²) in [6, 6.07) is 11.2. The molecule has 0 unspecified atom stereocenters. The molecule has 2 rings (SSSR count). The summed E-state index contributed by atoms with van der Waals surface area (Å²) in [5, 5.41) is 13.0. The average Bonchev–Trinajstić information content (AvgIpc) is 2.65. The van der Waals surface area contributed by atoms with Crippen molar-refractivity contribution in [1.82, 2.24) is 5.32 Å². The van der Waals surface area contributed by atoms with Crippen molar-refractivity contribution in [2.24, 2.45) is 0 Å². The molecule has 0 bridgehead atoms. The molecule has 5 nitrogen and oxygen atoms in total. The molecule has 0 saturated carbocycles. The van der Waals surface area contributed by atoms with Crippen molar-refractivity contribution in [1.29, 1.82) is 0 Å². The van der Waals surface area contributed by atoms with E-state index in [-0.39, 0.29) is 6.61 Å². The van der Waals surface area contributed by atoms with E-state index in [2.05, 4.69) is 5.32 Å². The minimum atomic E-state index is 0.0303. The molecule has 2 aromatic rings. The van der Waals surface area contributed by atoms with E-state index < -0.39 is 0 Å². The molecule has 0 aliphatic carbocycles. The molecule has 0 atom stereocenters. The Balaban J connectivity index is 1.99. The number of nitrogens with one attached hydrogen (secondary N) is 1. The Morgan fingerprint density at radius 2 is 1.92 bits per heavy atom. The van der Waals surface area contributed by atoms with Crippen LogP contribution >= 0.6 is 23.2 Å². The summed E-state index contributed by atoms with van der Waals surface area (Å²) in [5.41, 5.74) is 1.90. The lowest BCUT2D eigenvalue weighted by molar-refractivity contribution is 0.0937. The topological polar surface area (TPSA) is 60.0 Å². The van der Waals surface area contributed by atoms with Gasteiger partial charge in [-0.15, -0.1) is 0 Å². The predicted molar refractivity (Wildman–Crippen MR) is 103 cm³/mol. The molecule has 0 fully saturated rings. The fourth-order valence-electron chi connectivity index (χ4n) is 2.34. The molecule has 0 amide bonds. The fraction of sp³-hybridized carbons (Fsp3) is 0.368. The maximum atomic E-state index is 8.69. The van der Waals surface area contributed by atoms with Crippen LogP contribution in [0, 0.1) is 0 Å². The van der Waals surface area contributed by atoms with Crippen LogP contribution in [0.4, 0.5) is 0 Å². The van der Waals surface area contributed by atoms with E-state index in [1.807, 2.05) is 24.3 Å². The summed E-state index contributed by atoms with van der Waals surface area (Å²) in [7, 11) is 1.61. The van der Waals surface area contributed by atoms with Crippen LogP contribution in [-0.2, 0) is 17.9 Å². The van der Waals surface area contributed by atoms with Gasteiger partial charge in [-0.3, -0.25) is 0 Å². The third kappa shape index (κ3) is 6.34. The number of rotatable bonds is 11. The van der Waals surface area contributed by atoms with Gasteiger partial charge in [-0.05, 0) is 23.8 Å². The highest BCUT2D eigenvalue weighted by Gasteiger charge is 2.11. The van der Waals surface area contributed by atoms with E-state index in [9.17, 15) is 0 Å². The molecule has 0 aromatic heterocycles. The van der Waals surface area contributed by atoms with E-state index in [1.165, 1.54) is 0 Å². The van der Waals surface area contributed by atoms with Gasteiger partial charge in [-0.1, -0.05) is 41.4 Å². The van der Waals surface area contributed by atoms with Gasteiger partial charge in [0.2, 0.25) is 0 Å². The van der Waals surface area contributed by atoms with Gasteiger partial charge in [0.05, 0.1) is 37.0 Å². The lowest BCUT2D eigenvalue weighted by Gasteiger charge is -2.16. The lowest BCUT2D eigenvalue weighted by atomic mass is 10.1. The van der Waals surface area contributed by atoms with Crippen molar-refractivity contribution < 1.29 is 19.3 Å². The molecular formula is C19H23Cl2NO4. The molecule has 0 heterocycles. The first-order valence-corrected chi connectivity index (χ1v) is 9.03. The highest BCUT2D eigenvalue weighted by Crippen LogP contribution is 2.32. The summed E-state index contributed by atoms with van der Waals surface area (Å²) < 4.78 is 16.7. The van der Waals surface area contributed by atoms with Crippen molar-refractivity contribution >= 4 is 23.2 Å². The number of hydrogen-bond donors (Lipinski definition) is 2. The van der Waals surface area contributed by atoms with Gasteiger partial charge in [-0.25, -0.2) is 0 Å². The largest absolute Gasteiger partial charge is 0.493 e. The number of ether oxygens (including phenoxy) is 3. The van der Waals surface area contributed by atoms with Crippen LogP contribution in [0.15, 0.2) is 36.4 Å². The second-order valence-electron chi connectivity index (χ2n) is 5.50. The molecule has 0 radical (unpaired) electrons. The van der Waals surface area contributed by atoms with E-state index >= 15 is 0 Å². The minimum absolute atomic E-state index is 0.0303. The minimum Gasteiger partial charge on any atom is -0.493 e. The van der Waals surface area contributed by atoms with Crippen LogP contribution in [0.1, 0.15) is 11.1 Å². The Kier molecular flexibility index (Phi) is 9.01. The molecule has 0 aliphatic rings. The van der Waals surface area contributed by atoms with Gasteiger partial charge in [0.1, 0.15) is 6.61 Å². The molecular weight excluding hydrogens is 377 g/mol. The number of para-hydroxylation sites is 1. The number of hydrogen-bond acceptors (Lipinski definition) is 5. The number of benzene rings is 2. The molecule has 0 saturated heterocycles. The predicted octanol–water partition coefficient (Wildman–Crippen LogP) is 3.68. The number of aliphatic hydroxyl groups excluding tert-OH is 1. The van der Waals surface area contributed by atoms with E-state index in [0.29, 0.717) is 54.5 Å². The van der Waals surface area contributed by atoms with Gasteiger partial charge < -0.3 is 24.6 Å². The maximum Gasteiger partial charge on any atom is 0.166 e. The van der Waals surface area contributed by atoms with Crippen molar-refractivity contribution in [3.63, 3.8) is 0 Å². The van der Waals surface area contributed by atoms with Crippen molar-refractivity contribution in [2.75, 3.05) is 33.5 Å². The Hall–Kier alpha value is -1.50. The van der Waals surface area contributed by atoms with Crippen LogP contribution in [0.5, 0.6) is 11.5 Å². The second kappa shape index (κ2) is 11.3. The summed E-state index contributed by atoms with van der Waals surface area (Å²) in [6.07, 6.45) is 0. The normalized spacial score (nSPS) is 10.8. The van der Waals surface area contributed by atoms with E-state index in [4.69, 9.17) is 42.5 Å². The van der Waals surface area contributed by atoms with E-state index in [0.717, 1.165) is 11.1 Å². The fourth-order valence-corrected chi connectivity index (χ4v) is 2.66. The quantitative estimate of drug-likeness (QED) is 0.564. The van der Waals surface area contributed by atoms with Crippen molar-refractivity contribution in [3.05, 3.63) is 57.6 Å². The molecule has 142 valence electrons. The van der Waals surface area contributed by atoms with Crippen molar-refractivity contribution in [3.8, 4) is 11.5 Å². The molecule has 2 aromatic carbocycles. The Morgan fingerprint density at radius 3 is 2.65 bits per heavy atom. The van der Waals surface area contributed by atoms with Crippen LogP contribution in [0.3, 0.4) is 0 Å². The van der Waals surface area contributed by atoms with Crippen molar-refractivity contribution in [2.45, 2.75) is 13.2 Å². The zero-order chi connectivity index (χ0) is 18.8. The smallest absolute Gasteiger partial charge is 0.166 e. The van der Waals surface area contributed by atoms with Crippen LogP contribution in [0.25, 0.3) is 0 Å². The molecule has 7 heteroatoms. The number of halogens is 2. The lowest BCUT2D eigenvalue weighted by Crippen LogP contribution is -2.20. The number of methoxy groups -OCH3 is 1. The Labute approximate surface area is 163 Å². The SMILES string of the molecule is COc1cccc(CNCCOCCO)c1OCc1ccc(Cl)c(Cl)c1. The van der Waals surface area contributed by atoms with Crippen LogP contribution in [-0.4, -0.2) is 38.6 Å². The van der Waals surface area contributed by atoms with E-state index in [1.54, 1.807) is 19.2 Å². The van der Waals surface area contributed by atoms with Gasteiger partial charge in [0, 0.05) is 18.7 Å². The third-order valence-electron chi connectivity index (χ3n) is 3.62. The molecule has 2 N–H and O–H groups in total.